The Morgan fingerprint density at radius 2 is 1.73 bits per heavy atom. The Labute approximate surface area is 176 Å². The summed E-state index contributed by atoms with van der Waals surface area (Å²) in [6, 6.07) is 18.7. The van der Waals surface area contributed by atoms with Crippen molar-refractivity contribution in [3.63, 3.8) is 0 Å². The van der Waals surface area contributed by atoms with E-state index in [1.807, 2.05) is 19.1 Å². The minimum Gasteiger partial charge on any atom is -0.456 e. The van der Waals surface area contributed by atoms with E-state index in [9.17, 15) is 13.2 Å². The predicted octanol–water partition coefficient (Wildman–Crippen LogP) is 3.95. The van der Waals surface area contributed by atoms with Gasteiger partial charge >= 0.3 is 5.97 Å². The maximum absolute atomic E-state index is 12.5. The molecule has 0 spiro atoms. The minimum atomic E-state index is -3.96. The zero-order valence-corrected chi connectivity index (χ0v) is 17.4. The molecule has 156 valence electrons. The average molecular weight is 426 g/mol. The predicted molar refractivity (Wildman–Crippen MR) is 113 cm³/mol. The van der Waals surface area contributed by atoms with Crippen LogP contribution in [0.15, 0.2) is 84.0 Å². The van der Waals surface area contributed by atoms with Crippen molar-refractivity contribution in [1.29, 1.82) is 0 Å². The highest BCUT2D eigenvalue weighted by molar-refractivity contribution is 7.86. The maximum Gasteiger partial charge on any atom is 0.338 e. The first kappa shape index (κ1) is 21.7. The maximum atomic E-state index is 12.5. The van der Waals surface area contributed by atoms with Crippen LogP contribution in [0, 0.1) is 6.92 Å². The Morgan fingerprint density at radius 1 is 1.00 bits per heavy atom. The number of aromatic nitrogens is 1. The van der Waals surface area contributed by atoms with Crippen molar-refractivity contribution in [2.75, 3.05) is 6.61 Å². The first-order valence-electron chi connectivity index (χ1n) is 9.55. The van der Waals surface area contributed by atoms with Gasteiger partial charge in [0, 0.05) is 12.4 Å². The fraction of sp³-hybridized carbons (Fsp3) is 0.217. The van der Waals surface area contributed by atoms with Crippen LogP contribution >= 0.6 is 0 Å². The second kappa shape index (κ2) is 10.1. The van der Waals surface area contributed by atoms with Crippen molar-refractivity contribution in [2.24, 2.45) is 0 Å². The van der Waals surface area contributed by atoms with E-state index in [0.29, 0.717) is 18.4 Å². The van der Waals surface area contributed by atoms with E-state index < -0.39 is 22.2 Å². The number of hydrogen-bond donors (Lipinski definition) is 0. The number of pyridine rings is 1. The van der Waals surface area contributed by atoms with Gasteiger partial charge in [-0.3, -0.25) is 9.17 Å². The number of rotatable bonds is 9. The largest absolute Gasteiger partial charge is 0.456 e. The molecule has 0 amide bonds. The molecule has 0 aliphatic rings. The van der Waals surface area contributed by atoms with Gasteiger partial charge in [-0.15, -0.1) is 0 Å². The Hall–Kier alpha value is -3.03. The van der Waals surface area contributed by atoms with Gasteiger partial charge in [0.1, 0.15) is 12.7 Å². The van der Waals surface area contributed by atoms with Gasteiger partial charge in [-0.2, -0.15) is 8.42 Å². The summed E-state index contributed by atoms with van der Waals surface area (Å²) in [4.78, 5) is 16.6. The number of carbonyl (C=O) groups excluding carboxylic acids is 1. The van der Waals surface area contributed by atoms with Gasteiger partial charge in [-0.05, 0) is 55.7 Å². The molecule has 0 fully saturated rings. The molecule has 0 aliphatic heterocycles. The number of ether oxygens (including phenoxy) is 1. The molecule has 30 heavy (non-hydrogen) atoms. The van der Waals surface area contributed by atoms with Crippen LogP contribution in [0.1, 0.15) is 27.9 Å². The lowest BCUT2D eigenvalue weighted by atomic mass is 10.1. The lowest BCUT2D eigenvalue weighted by molar-refractivity contribution is 0.0158. The van der Waals surface area contributed by atoms with Crippen molar-refractivity contribution in [3.8, 4) is 0 Å². The lowest BCUT2D eigenvalue weighted by Crippen LogP contribution is -2.26. The van der Waals surface area contributed by atoms with Crippen LogP contribution in [0.25, 0.3) is 0 Å². The van der Waals surface area contributed by atoms with Crippen molar-refractivity contribution in [1.82, 2.24) is 4.98 Å². The quantitative estimate of drug-likeness (QED) is 0.381. The van der Waals surface area contributed by atoms with E-state index in [-0.39, 0.29) is 11.5 Å². The second-order valence-electron chi connectivity index (χ2n) is 6.84. The molecule has 0 aliphatic carbocycles. The first-order chi connectivity index (χ1) is 14.4. The number of carbonyl (C=O) groups is 1. The van der Waals surface area contributed by atoms with Crippen molar-refractivity contribution < 1.29 is 22.1 Å². The number of hydrogen-bond acceptors (Lipinski definition) is 6. The lowest BCUT2D eigenvalue weighted by Gasteiger charge is -2.18. The smallest absolute Gasteiger partial charge is 0.338 e. The average Bonchev–Trinajstić information content (AvgIpc) is 2.77. The Kier molecular flexibility index (Phi) is 7.32. The van der Waals surface area contributed by atoms with Crippen LogP contribution in [-0.2, 0) is 25.5 Å². The van der Waals surface area contributed by atoms with E-state index in [1.165, 1.54) is 12.1 Å². The summed E-state index contributed by atoms with van der Waals surface area (Å²) < 4.78 is 35.8. The van der Waals surface area contributed by atoms with Crippen LogP contribution < -0.4 is 0 Å². The van der Waals surface area contributed by atoms with Gasteiger partial charge in [-0.1, -0.05) is 42.0 Å². The van der Waals surface area contributed by atoms with Gasteiger partial charge in [0.05, 0.1) is 10.5 Å². The molecule has 0 saturated carbocycles. The van der Waals surface area contributed by atoms with E-state index in [0.717, 1.165) is 11.1 Å². The van der Waals surface area contributed by atoms with E-state index >= 15 is 0 Å². The first-order valence-corrected chi connectivity index (χ1v) is 11.0. The number of esters is 1. The van der Waals surface area contributed by atoms with Crippen molar-refractivity contribution in [3.05, 3.63) is 95.8 Å². The second-order valence-corrected chi connectivity index (χ2v) is 8.46. The van der Waals surface area contributed by atoms with Gasteiger partial charge < -0.3 is 4.74 Å². The zero-order chi connectivity index (χ0) is 21.4. The molecule has 1 atom stereocenters. The molecule has 0 unspecified atom stereocenters. The van der Waals surface area contributed by atoms with Crippen molar-refractivity contribution >= 4 is 16.1 Å². The summed E-state index contributed by atoms with van der Waals surface area (Å²) in [5, 5.41) is 0. The monoisotopic (exact) mass is 425 g/mol. The molecule has 0 bridgehead atoms. The topological polar surface area (TPSA) is 82.6 Å². The Balaban J connectivity index is 1.69. The molecule has 1 aromatic heterocycles. The molecule has 3 rings (SSSR count). The third-order valence-electron chi connectivity index (χ3n) is 4.48. The normalized spacial score (nSPS) is 12.3. The number of aryl methyl sites for hydroxylation is 2. The molecule has 3 aromatic rings. The number of nitrogens with zero attached hydrogens (tertiary/aromatic N) is 1. The van der Waals surface area contributed by atoms with Gasteiger partial charge in [-0.25, -0.2) is 4.79 Å². The molecular weight excluding hydrogens is 402 g/mol. The summed E-state index contributed by atoms with van der Waals surface area (Å²) >= 11 is 0. The highest BCUT2D eigenvalue weighted by atomic mass is 32.2. The minimum absolute atomic E-state index is 0.0634. The molecule has 2 aromatic carbocycles. The van der Waals surface area contributed by atoms with Gasteiger partial charge in [0.25, 0.3) is 10.1 Å². The van der Waals surface area contributed by atoms with Crippen LogP contribution in [0.3, 0.4) is 0 Å². The molecule has 7 heteroatoms. The Morgan fingerprint density at radius 3 is 2.40 bits per heavy atom. The zero-order valence-electron chi connectivity index (χ0n) is 16.6. The molecular formula is C23H23NO5S. The molecule has 1 heterocycles. The number of benzene rings is 2. The fourth-order valence-corrected chi connectivity index (χ4v) is 3.72. The molecule has 0 radical (unpaired) electrons. The van der Waals surface area contributed by atoms with Crippen molar-refractivity contribution in [2.45, 2.75) is 30.8 Å². The highest BCUT2D eigenvalue weighted by Crippen LogP contribution is 2.16. The summed E-state index contributed by atoms with van der Waals surface area (Å²) in [5.41, 5.74) is 2.30. The van der Waals surface area contributed by atoms with Gasteiger partial charge in [0.15, 0.2) is 0 Å². The van der Waals surface area contributed by atoms with Crippen LogP contribution in [0.4, 0.5) is 0 Å². The van der Waals surface area contributed by atoms with E-state index in [4.69, 9.17) is 8.92 Å². The molecule has 0 N–H and O–H groups in total. The van der Waals surface area contributed by atoms with E-state index in [1.54, 1.807) is 54.9 Å². The van der Waals surface area contributed by atoms with E-state index in [2.05, 4.69) is 4.98 Å². The SMILES string of the molecule is Cc1ccc(S(=O)(=O)OC[C@H](CCc2cccnc2)OC(=O)c2ccccc2)cc1. The summed E-state index contributed by atoms with van der Waals surface area (Å²) in [5.74, 6) is -0.525. The highest BCUT2D eigenvalue weighted by Gasteiger charge is 2.22. The Bertz CT molecular complexity index is 1050. The molecule has 0 saturated heterocycles. The third kappa shape index (κ3) is 6.23. The third-order valence-corrected chi connectivity index (χ3v) is 5.78. The summed E-state index contributed by atoms with van der Waals surface area (Å²) in [6.45, 7) is 1.60. The fourth-order valence-electron chi connectivity index (χ4n) is 2.78. The van der Waals surface area contributed by atoms with Crippen LogP contribution in [-0.4, -0.2) is 32.1 Å². The standard InChI is InChI=1S/C23H23NO5S/c1-18-9-13-22(14-10-18)30(26,27)28-17-21(12-11-19-6-5-15-24-16-19)29-23(25)20-7-3-2-4-8-20/h2-10,13-16,21H,11-12,17H2,1H3/t21-/m0/s1. The van der Waals surface area contributed by atoms with Crippen LogP contribution in [0.5, 0.6) is 0 Å². The molecule has 6 nitrogen and oxygen atoms in total. The summed E-state index contributed by atoms with van der Waals surface area (Å²) in [7, 11) is -3.96. The van der Waals surface area contributed by atoms with Gasteiger partial charge in [0.2, 0.25) is 0 Å². The van der Waals surface area contributed by atoms with Crippen LogP contribution in [0.2, 0.25) is 0 Å². The summed E-state index contributed by atoms with van der Waals surface area (Å²) in [6.07, 6.45) is 3.62.